The molecule has 0 rings (SSSR count). The van der Waals surface area contributed by atoms with Crippen LogP contribution in [0.25, 0.3) is 5.73 Å². The lowest BCUT2D eigenvalue weighted by Gasteiger charge is -2.09. The number of carbonyl (C=O) groups is 1. The summed E-state index contributed by atoms with van der Waals surface area (Å²) in [5.41, 5.74) is 0.733. The summed E-state index contributed by atoms with van der Waals surface area (Å²) in [4.78, 5) is 10.1. The van der Waals surface area contributed by atoms with Crippen molar-refractivity contribution in [3.8, 4) is 0 Å². The van der Waals surface area contributed by atoms with Gasteiger partial charge in [0.2, 0.25) is 5.91 Å². The topological polar surface area (TPSA) is 87.0 Å². The summed E-state index contributed by atoms with van der Waals surface area (Å²) < 4.78 is 55.2. The SMILES string of the molecule is [NH-]CC(=O)NS(=O)(=O)C(F)(F)F. The fourth-order valence-corrected chi connectivity index (χ4v) is 0.731. The molecule has 0 aromatic rings. The Morgan fingerprint density at radius 2 is 1.83 bits per heavy atom. The fourth-order valence-electron chi connectivity index (χ4n) is 0.244. The molecule has 0 spiro atoms. The van der Waals surface area contributed by atoms with Gasteiger partial charge in [0.15, 0.2) is 0 Å². The maximum Gasteiger partial charge on any atom is 0.516 e. The molecule has 0 heterocycles. The van der Waals surface area contributed by atoms with E-state index in [1.54, 1.807) is 0 Å². The molecular weight excluding hydrogens is 201 g/mol. The molecule has 0 saturated carbocycles. The third-order valence-corrected chi connectivity index (χ3v) is 1.82. The van der Waals surface area contributed by atoms with Crippen LogP contribution in [0, 0.1) is 0 Å². The van der Waals surface area contributed by atoms with E-state index >= 15 is 0 Å². The first-order valence-electron chi connectivity index (χ1n) is 2.47. The zero-order chi connectivity index (χ0) is 9.99. The van der Waals surface area contributed by atoms with Gasteiger partial charge in [-0.3, -0.25) is 4.79 Å². The Balaban J connectivity index is 4.58. The second-order valence-corrected chi connectivity index (χ2v) is 3.33. The van der Waals surface area contributed by atoms with Crippen LogP contribution in [0.5, 0.6) is 0 Å². The lowest BCUT2D eigenvalue weighted by Crippen LogP contribution is -2.40. The number of carbonyl (C=O) groups excluding carboxylic acids is 1. The molecule has 1 amide bonds. The smallest absolute Gasteiger partial charge is 0.516 e. The fraction of sp³-hybridized carbons (Fsp3) is 0.667. The van der Waals surface area contributed by atoms with E-state index in [4.69, 9.17) is 5.73 Å². The first kappa shape index (κ1) is 11.2. The van der Waals surface area contributed by atoms with Gasteiger partial charge in [-0.15, -0.1) is 0 Å². The van der Waals surface area contributed by atoms with Gasteiger partial charge in [-0.05, 0) is 0 Å². The van der Waals surface area contributed by atoms with Crippen molar-refractivity contribution >= 4 is 15.9 Å². The van der Waals surface area contributed by atoms with Crippen LogP contribution in [0.4, 0.5) is 13.2 Å². The summed E-state index contributed by atoms with van der Waals surface area (Å²) in [7, 11) is -5.63. The largest absolute Gasteiger partial charge is 0.670 e. The number of sulfonamides is 1. The Labute approximate surface area is 65.8 Å². The van der Waals surface area contributed by atoms with Crippen molar-refractivity contribution in [2.24, 2.45) is 0 Å². The first-order valence-corrected chi connectivity index (χ1v) is 3.95. The Kier molecular flexibility index (Phi) is 3.04. The summed E-state index contributed by atoms with van der Waals surface area (Å²) >= 11 is 0. The molecule has 0 fully saturated rings. The van der Waals surface area contributed by atoms with Gasteiger partial charge in [0.25, 0.3) is 0 Å². The van der Waals surface area contributed by atoms with Crippen molar-refractivity contribution in [3.63, 3.8) is 0 Å². The summed E-state index contributed by atoms with van der Waals surface area (Å²) in [5, 5.41) is 0. The van der Waals surface area contributed by atoms with Gasteiger partial charge in [-0.2, -0.15) is 21.6 Å². The monoisotopic (exact) mass is 205 g/mol. The summed E-state index contributed by atoms with van der Waals surface area (Å²) in [6.45, 7) is -1.07. The maximum absolute atomic E-state index is 11.5. The van der Waals surface area contributed by atoms with Crippen LogP contribution in [0.1, 0.15) is 0 Å². The standard InChI is InChI=1S/C3H4F3N2O3S/c4-3(5,6)12(10,11)8-2(9)1-7/h7H,1H2,(H,8,9)/q-1. The van der Waals surface area contributed by atoms with Gasteiger partial charge in [-0.1, -0.05) is 6.54 Å². The molecule has 0 aromatic carbocycles. The molecule has 9 heteroatoms. The van der Waals surface area contributed by atoms with Crippen molar-refractivity contribution in [3.05, 3.63) is 5.73 Å². The van der Waals surface area contributed by atoms with Gasteiger partial charge in [0.05, 0.1) is 0 Å². The van der Waals surface area contributed by atoms with Crippen molar-refractivity contribution < 1.29 is 26.4 Å². The van der Waals surface area contributed by atoms with Gasteiger partial charge >= 0.3 is 15.5 Å². The molecule has 0 aliphatic carbocycles. The van der Waals surface area contributed by atoms with Crippen LogP contribution in [0.3, 0.4) is 0 Å². The molecular formula is C3H4F3N2O3S-. The summed E-state index contributed by atoms with van der Waals surface area (Å²) in [5.74, 6) is -1.52. The van der Waals surface area contributed by atoms with Crippen LogP contribution >= 0.6 is 0 Å². The second-order valence-electron chi connectivity index (χ2n) is 1.65. The summed E-state index contributed by atoms with van der Waals surface area (Å²) in [6, 6.07) is 0. The van der Waals surface area contributed by atoms with Crippen molar-refractivity contribution in [1.29, 1.82) is 0 Å². The van der Waals surface area contributed by atoms with E-state index in [0.717, 1.165) is 0 Å². The van der Waals surface area contributed by atoms with Crippen molar-refractivity contribution in [2.75, 3.05) is 6.54 Å². The molecule has 0 atom stereocenters. The highest BCUT2D eigenvalue weighted by molar-refractivity contribution is 7.90. The Bertz CT molecular complexity index is 269. The zero-order valence-electron chi connectivity index (χ0n) is 5.47. The Hall–Kier alpha value is -0.830. The number of halogens is 3. The number of alkyl halides is 3. The van der Waals surface area contributed by atoms with Crippen molar-refractivity contribution in [1.82, 2.24) is 4.72 Å². The number of amides is 1. The molecule has 5 nitrogen and oxygen atoms in total. The van der Waals surface area contributed by atoms with Gasteiger partial charge in [-0.25, -0.2) is 4.72 Å². The molecule has 0 aliphatic heterocycles. The molecule has 12 heavy (non-hydrogen) atoms. The Morgan fingerprint density at radius 3 is 2.08 bits per heavy atom. The number of hydrogen-bond donors (Lipinski definition) is 1. The molecule has 0 saturated heterocycles. The van der Waals surface area contributed by atoms with Gasteiger partial charge in [0, 0.05) is 0 Å². The van der Waals surface area contributed by atoms with Gasteiger partial charge < -0.3 is 5.73 Å². The minimum atomic E-state index is -5.63. The highest BCUT2D eigenvalue weighted by Crippen LogP contribution is 2.21. The number of rotatable bonds is 2. The van der Waals surface area contributed by atoms with Crippen molar-refractivity contribution in [2.45, 2.75) is 5.51 Å². The second kappa shape index (κ2) is 3.27. The normalized spacial score (nSPS) is 12.7. The third-order valence-electron chi connectivity index (χ3n) is 0.713. The number of hydrogen-bond acceptors (Lipinski definition) is 3. The highest BCUT2D eigenvalue weighted by Gasteiger charge is 2.46. The van der Waals surface area contributed by atoms with E-state index in [1.165, 1.54) is 0 Å². The van der Waals surface area contributed by atoms with Crippen LogP contribution in [0.2, 0.25) is 0 Å². The molecule has 0 aromatic heterocycles. The number of nitrogens with one attached hydrogen (secondary N) is 2. The predicted molar refractivity (Wildman–Crippen MR) is 32.3 cm³/mol. The molecule has 2 N–H and O–H groups in total. The molecule has 72 valence electrons. The minimum absolute atomic E-state index is 0.667. The van der Waals surface area contributed by atoms with E-state index < -0.39 is 28.0 Å². The minimum Gasteiger partial charge on any atom is -0.670 e. The molecule has 0 unspecified atom stereocenters. The average molecular weight is 205 g/mol. The first-order chi connectivity index (χ1) is 5.20. The van der Waals surface area contributed by atoms with E-state index in [-0.39, 0.29) is 0 Å². The average Bonchev–Trinajstić information content (AvgIpc) is 1.84. The van der Waals surface area contributed by atoms with Crippen LogP contribution in [-0.2, 0) is 14.8 Å². The van der Waals surface area contributed by atoms with E-state index in [9.17, 15) is 26.4 Å². The van der Waals surface area contributed by atoms with Gasteiger partial charge in [0.1, 0.15) is 0 Å². The Morgan fingerprint density at radius 1 is 1.42 bits per heavy atom. The van der Waals surface area contributed by atoms with Crippen LogP contribution < -0.4 is 4.72 Å². The van der Waals surface area contributed by atoms with E-state index in [0.29, 0.717) is 4.72 Å². The third kappa shape index (κ3) is 2.66. The molecule has 0 aliphatic rings. The maximum atomic E-state index is 11.5. The zero-order valence-corrected chi connectivity index (χ0v) is 6.29. The van der Waals surface area contributed by atoms with E-state index in [2.05, 4.69) is 0 Å². The lowest BCUT2D eigenvalue weighted by molar-refractivity contribution is -0.118. The van der Waals surface area contributed by atoms with Crippen LogP contribution in [-0.4, -0.2) is 26.4 Å². The van der Waals surface area contributed by atoms with Crippen LogP contribution in [0.15, 0.2) is 0 Å². The highest BCUT2D eigenvalue weighted by atomic mass is 32.2. The molecule has 0 bridgehead atoms. The van der Waals surface area contributed by atoms with E-state index in [1.807, 2.05) is 0 Å². The quantitative estimate of drug-likeness (QED) is 0.688. The summed E-state index contributed by atoms with van der Waals surface area (Å²) in [6.07, 6.45) is 0. The predicted octanol–water partition coefficient (Wildman–Crippen LogP) is 0.00440. The lowest BCUT2D eigenvalue weighted by atomic mass is 10.7. The molecule has 0 radical (unpaired) electrons.